The number of ketones is 2. The van der Waals surface area contributed by atoms with Crippen LogP contribution in [0.4, 0.5) is 11.4 Å². The minimum Gasteiger partial charge on any atom is -0.454 e. The van der Waals surface area contributed by atoms with Gasteiger partial charge >= 0.3 is 0 Å². The maximum atomic E-state index is 13.9. The molecule has 0 aromatic heterocycles. The zero-order valence-corrected chi connectivity index (χ0v) is 27.0. The molecule has 0 atom stereocenters. The van der Waals surface area contributed by atoms with Gasteiger partial charge in [-0.15, -0.1) is 0 Å². The van der Waals surface area contributed by atoms with E-state index in [1.807, 2.05) is 84.9 Å². The van der Waals surface area contributed by atoms with E-state index < -0.39 is 0 Å². The van der Waals surface area contributed by atoms with Crippen LogP contribution in [-0.4, -0.2) is 11.6 Å². The van der Waals surface area contributed by atoms with Crippen molar-refractivity contribution >= 4 is 22.9 Å². The van der Waals surface area contributed by atoms with Gasteiger partial charge in [-0.3, -0.25) is 9.59 Å². The van der Waals surface area contributed by atoms with Crippen LogP contribution in [0.2, 0.25) is 0 Å². The zero-order valence-electron chi connectivity index (χ0n) is 27.0. The Labute approximate surface area is 290 Å². The number of hydrogen-bond acceptors (Lipinski definition) is 6. The van der Waals surface area contributed by atoms with Gasteiger partial charge in [0.1, 0.15) is 23.0 Å². The normalized spacial score (nSPS) is 10.7. The predicted molar refractivity (Wildman–Crippen MR) is 199 cm³/mol. The summed E-state index contributed by atoms with van der Waals surface area (Å²) >= 11 is 0. The van der Waals surface area contributed by atoms with Gasteiger partial charge in [0.25, 0.3) is 0 Å². The third-order valence-electron chi connectivity index (χ3n) is 8.32. The Bertz CT molecular complexity index is 2170. The second kappa shape index (κ2) is 14.1. The highest BCUT2D eigenvalue weighted by Gasteiger charge is 2.20. The molecule has 4 N–H and O–H groups in total. The van der Waals surface area contributed by atoms with Crippen molar-refractivity contribution in [2.75, 3.05) is 11.5 Å². The maximum Gasteiger partial charge on any atom is 0.196 e. The van der Waals surface area contributed by atoms with Crippen LogP contribution in [0.25, 0.3) is 22.3 Å². The van der Waals surface area contributed by atoms with Crippen LogP contribution in [-0.2, 0) is 0 Å². The standard InChI is InChI=1S/C44H32N2O4/c45-37-27-31(29-12-3-1-4-13-29)22-24-41(37)49-39-20-9-7-18-35(39)43(47)33-16-11-17-34(26-33)44(48)36-19-8-10-21-40(36)50-42-25-23-32(28-38(42)46)30-14-5-2-6-15-30/h1-28H,45-46H2. The van der Waals surface area contributed by atoms with Gasteiger partial charge in [-0.05, 0) is 76.9 Å². The van der Waals surface area contributed by atoms with Gasteiger partial charge in [-0.1, -0.05) is 115 Å². The van der Waals surface area contributed by atoms with Crippen molar-refractivity contribution < 1.29 is 19.1 Å². The predicted octanol–water partition coefficient (Wildman–Crippen LogP) is 10.2. The summed E-state index contributed by atoms with van der Waals surface area (Å²) in [6.45, 7) is 0. The number of carbonyl (C=O) groups is 2. The smallest absolute Gasteiger partial charge is 0.196 e. The first-order valence-corrected chi connectivity index (χ1v) is 16.1. The van der Waals surface area contributed by atoms with Crippen molar-refractivity contribution in [2.45, 2.75) is 0 Å². The third-order valence-corrected chi connectivity index (χ3v) is 8.32. The van der Waals surface area contributed by atoms with Crippen LogP contribution >= 0.6 is 0 Å². The summed E-state index contributed by atoms with van der Waals surface area (Å²) in [6, 6.07) is 51.5. The van der Waals surface area contributed by atoms with E-state index in [-0.39, 0.29) is 11.6 Å². The molecule has 0 aliphatic rings. The quantitative estimate of drug-likeness (QED) is 0.113. The summed E-state index contributed by atoms with van der Waals surface area (Å²) in [4.78, 5) is 27.8. The second-order valence-corrected chi connectivity index (χ2v) is 11.7. The Kier molecular flexibility index (Phi) is 8.90. The van der Waals surface area contributed by atoms with Crippen molar-refractivity contribution in [2.24, 2.45) is 0 Å². The molecule has 7 rings (SSSR count). The van der Waals surface area contributed by atoms with E-state index in [9.17, 15) is 9.59 Å². The third kappa shape index (κ3) is 6.72. The average Bonchev–Trinajstić information content (AvgIpc) is 3.17. The minimum absolute atomic E-state index is 0.300. The molecule has 0 spiro atoms. The highest BCUT2D eigenvalue weighted by molar-refractivity contribution is 6.15. The number of hydrogen-bond donors (Lipinski definition) is 2. The molecular formula is C44H32N2O4. The number of nitrogens with two attached hydrogens (primary N) is 2. The van der Waals surface area contributed by atoms with Crippen LogP contribution in [0.1, 0.15) is 31.8 Å². The molecule has 0 aliphatic heterocycles. The summed E-state index contributed by atoms with van der Waals surface area (Å²) in [6.07, 6.45) is 0. The fourth-order valence-corrected chi connectivity index (χ4v) is 5.74. The Morgan fingerprint density at radius 3 is 1.18 bits per heavy atom. The van der Waals surface area contributed by atoms with Gasteiger partial charge in [-0.25, -0.2) is 0 Å². The molecule has 242 valence electrons. The first-order chi connectivity index (χ1) is 24.4. The number of rotatable bonds is 10. The monoisotopic (exact) mass is 652 g/mol. The van der Waals surface area contributed by atoms with Crippen molar-refractivity contribution in [3.63, 3.8) is 0 Å². The summed E-state index contributed by atoms with van der Waals surface area (Å²) < 4.78 is 12.4. The molecule has 0 aliphatic carbocycles. The lowest BCUT2D eigenvalue weighted by atomic mass is 9.96. The summed E-state index contributed by atoms with van der Waals surface area (Å²) in [5, 5.41) is 0. The summed E-state index contributed by atoms with van der Waals surface area (Å²) in [7, 11) is 0. The molecule has 0 saturated heterocycles. The fraction of sp³-hybridized carbons (Fsp3) is 0. The fourth-order valence-electron chi connectivity index (χ4n) is 5.74. The number of para-hydroxylation sites is 2. The van der Waals surface area contributed by atoms with Crippen LogP contribution < -0.4 is 20.9 Å². The summed E-state index contributed by atoms with van der Waals surface area (Å²) in [5.41, 5.74) is 19.0. The molecule has 0 amide bonds. The van der Waals surface area contributed by atoms with Gasteiger partial charge in [0.2, 0.25) is 0 Å². The highest BCUT2D eigenvalue weighted by Crippen LogP contribution is 2.36. The lowest BCUT2D eigenvalue weighted by molar-refractivity contribution is 0.103. The maximum absolute atomic E-state index is 13.9. The van der Waals surface area contributed by atoms with Crippen molar-refractivity contribution in [1.82, 2.24) is 0 Å². The first kappa shape index (κ1) is 31.7. The molecule has 0 radical (unpaired) electrons. The van der Waals surface area contributed by atoms with Crippen molar-refractivity contribution in [1.29, 1.82) is 0 Å². The van der Waals surface area contributed by atoms with E-state index >= 15 is 0 Å². The number of nitrogen functional groups attached to an aromatic ring is 2. The molecular weight excluding hydrogens is 620 g/mol. The van der Waals surface area contributed by atoms with E-state index in [0.29, 0.717) is 56.6 Å². The number of benzene rings is 7. The number of carbonyl (C=O) groups excluding carboxylic acids is 2. The Morgan fingerprint density at radius 1 is 0.360 bits per heavy atom. The molecule has 0 bridgehead atoms. The Hall–Kier alpha value is -6.92. The molecule has 7 aromatic carbocycles. The van der Waals surface area contributed by atoms with E-state index in [4.69, 9.17) is 20.9 Å². The molecule has 0 saturated carbocycles. The van der Waals surface area contributed by atoms with E-state index in [2.05, 4.69) is 0 Å². The number of ether oxygens (including phenoxy) is 2. The molecule has 6 heteroatoms. The zero-order chi connectivity index (χ0) is 34.5. The van der Waals surface area contributed by atoms with E-state index in [1.54, 1.807) is 84.9 Å². The topological polar surface area (TPSA) is 105 Å². The highest BCUT2D eigenvalue weighted by atomic mass is 16.5. The van der Waals surface area contributed by atoms with Gasteiger partial charge in [0.05, 0.1) is 22.5 Å². The summed E-state index contributed by atoms with van der Waals surface area (Å²) in [5.74, 6) is 0.962. The van der Waals surface area contributed by atoms with Crippen LogP contribution in [0.5, 0.6) is 23.0 Å². The molecule has 50 heavy (non-hydrogen) atoms. The van der Waals surface area contributed by atoms with Gasteiger partial charge < -0.3 is 20.9 Å². The van der Waals surface area contributed by atoms with Crippen molar-refractivity contribution in [3.8, 4) is 45.3 Å². The lowest BCUT2D eigenvalue weighted by Gasteiger charge is -2.14. The Morgan fingerprint density at radius 2 is 0.760 bits per heavy atom. The molecule has 7 aromatic rings. The molecule has 0 unspecified atom stereocenters. The molecule has 0 fully saturated rings. The average molecular weight is 653 g/mol. The largest absolute Gasteiger partial charge is 0.454 e. The number of anilines is 2. The van der Waals surface area contributed by atoms with Crippen LogP contribution in [0.3, 0.4) is 0 Å². The minimum atomic E-state index is -0.300. The molecule has 6 nitrogen and oxygen atoms in total. The second-order valence-electron chi connectivity index (χ2n) is 11.7. The van der Waals surface area contributed by atoms with Crippen LogP contribution in [0, 0.1) is 0 Å². The SMILES string of the molecule is Nc1cc(-c2ccccc2)ccc1Oc1ccccc1C(=O)c1cccc(C(=O)c2ccccc2Oc2ccc(-c3ccccc3)cc2N)c1. The van der Waals surface area contributed by atoms with Crippen molar-refractivity contribution in [3.05, 3.63) is 192 Å². The Balaban J connectivity index is 1.12. The van der Waals surface area contributed by atoms with E-state index in [0.717, 1.165) is 22.3 Å². The van der Waals surface area contributed by atoms with Gasteiger partial charge in [0.15, 0.2) is 11.6 Å². The van der Waals surface area contributed by atoms with Gasteiger partial charge in [0, 0.05) is 11.1 Å². The lowest BCUT2D eigenvalue weighted by Crippen LogP contribution is -2.08. The molecule has 0 heterocycles. The van der Waals surface area contributed by atoms with Crippen LogP contribution in [0.15, 0.2) is 170 Å². The first-order valence-electron chi connectivity index (χ1n) is 16.1. The van der Waals surface area contributed by atoms with E-state index in [1.165, 1.54) is 0 Å². The van der Waals surface area contributed by atoms with Gasteiger partial charge in [-0.2, -0.15) is 0 Å².